The van der Waals surface area contributed by atoms with Gasteiger partial charge in [0, 0.05) is 4.47 Å². The number of ether oxygens (including phenoxy) is 3. The van der Waals surface area contributed by atoms with E-state index >= 15 is 0 Å². The minimum Gasteiger partial charge on any atom is -0.491 e. The lowest BCUT2D eigenvalue weighted by Crippen LogP contribution is -2.07. The van der Waals surface area contributed by atoms with Gasteiger partial charge in [0.25, 0.3) is 0 Å². The van der Waals surface area contributed by atoms with Crippen molar-refractivity contribution in [1.82, 2.24) is 0 Å². The van der Waals surface area contributed by atoms with E-state index in [1.54, 1.807) is 0 Å². The number of halogens is 1. The average Bonchev–Trinajstić information content (AvgIpc) is 2.74. The molecular formula is C27H29BrO3. The molecule has 31 heavy (non-hydrogen) atoms. The third-order valence-corrected chi connectivity index (χ3v) is 5.08. The van der Waals surface area contributed by atoms with Crippen molar-refractivity contribution in [2.45, 2.75) is 46.5 Å². The number of hydrogen-bond donors (Lipinski definition) is 0. The maximum Gasteiger partial charge on any atom is 0.162 e. The number of benzene rings is 3. The Labute approximate surface area is 193 Å². The Morgan fingerprint density at radius 2 is 1.52 bits per heavy atom. The van der Waals surface area contributed by atoms with E-state index in [4.69, 9.17) is 14.2 Å². The Kier molecular flexibility index (Phi) is 8.19. The summed E-state index contributed by atoms with van der Waals surface area (Å²) in [7, 11) is 0. The van der Waals surface area contributed by atoms with Gasteiger partial charge in [-0.3, -0.25) is 0 Å². The van der Waals surface area contributed by atoms with Gasteiger partial charge in [-0.1, -0.05) is 64.5 Å². The predicted molar refractivity (Wildman–Crippen MR) is 132 cm³/mol. The SMILES string of the molecule is CC(C)Oc1ccc(Br)c(/C=C/c2ccc(OC(C)C)c(OCc3ccccc3)c2)c1. The summed E-state index contributed by atoms with van der Waals surface area (Å²) < 4.78 is 18.9. The minimum absolute atomic E-state index is 0.0696. The monoisotopic (exact) mass is 480 g/mol. The molecule has 3 rings (SSSR count). The number of rotatable bonds is 9. The summed E-state index contributed by atoms with van der Waals surface area (Å²) in [4.78, 5) is 0. The predicted octanol–water partition coefficient (Wildman–Crippen LogP) is 7.77. The van der Waals surface area contributed by atoms with Crippen LogP contribution in [-0.4, -0.2) is 12.2 Å². The van der Waals surface area contributed by atoms with Gasteiger partial charge >= 0.3 is 0 Å². The lowest BCUT2D eigenvalue weighted by molar-refractivity contribution is 0.218. The smallest absolute Gasteiger partial charge is 0.162 e. The molecule has 0 saturated heterocycles. The maximum absolute atomic E-state index is 6.12. The minimum atomic E-state index is 0.0696. The van der Waals surface area contributed by atoms with Gasteiger partial charge in [0.05, 0.1) is 12.2 Å². The van der Waals surface area contributed by atoms with Crippen molar-refractivity contribution in [2.75, 3.05) is 0 Å². The summed E-state index contributed by atoms with van der Waals surface area (Å²) in [6.45, 7) is 8.56. The first-order valence-electron chi connectivity index (χ1n) is 10.5. The van der Waals surface area contributed by atoms with Gasteiger partial charge in [-0.2, -0.15) is 0 Å². The van der Waals surface area contributed by atoms with Gasteiger partial charge < -0.3 is 14.2 Å². The molecule has 162 valence electrons. The Morgan fingerprint density at radius 3 is 2.23 bits per heavy atom. The van der Waals surface area contributed by atoms with Crippen LogP contribution >= 0.6 is 15.9 Å². The molecule has 0 radical (unpaired) electrons. The molecule has 3 nitrogen and oxygen atoms in total. The molecule has 0 amide bonds. The third kappa shape index (κ3) is 7.18. The molecule has 0 aromatic heterocycles. The zero-order valence-electron chi connectivity index (χ0n) is 18.5. The van der Waals surface area contributed by atoms with E-state index in [9.17, 15) is 0 Å². The van der Waals surface area contributed by atoms with Crippen LogP contribution in [0.1, 0.15) is 44.4 Å². The van der Waals surface area contributed by atoms with Crippen molar-refractivity contribution in [1.29, 1.82) is 0 Å². The Bertz CT molecular complexity index is 1010. The van der Waals surface area contributed by atoms with Crippen LogP contribution in [-0.2, 0) is 6.61 Å². The van der Waals surface area contributed by atoms with Crippen molar-refractivity contribution in [2.24, 2.45) is 0 Å². The summed E-state index contributed by atoms with van der Waals surface area (Å²) in [6, 6.07) is 22.1. The fourth-order valence-corrected chi connectivity index (χ4v) is 3.39. The van der Waals surface area contributed by atoms with Crippen molar-refractivity contribution in [3.8, 4) is 17.2 Å². The fourth-order valence-electron chi connectivity index (χ4n) is 3.01. The van der Waals surface area contributed by atoms with Crippen LogP contribution in [0.15, 0.2) is 71.2 Å². The molecule has 0 heterocycles. The molecule has 0 atom stereocenters. The first-order valence-corrected chi connectivity index (χ1v) is 11.3. The molecule has 0 unspecified atom stereocenters. The second-order valence-electron chi connectivity index (χ2n) is 7.83. The topological polar surface area (TPSA) is 27.7 Å². The summed E-state index contributed by atoms with van der Waals surface area (Å²) in [5, 5.41) is 0. The fraction of sp³-hybridized carbons (Fsp3) is 0.259. The van der Waals surface area contributed by atoms with Gasteiger partial charge in [-0.15, -0.1) is 0 Å². The summed E-state index contributed by atoms with van der Waals surface area (Å²) in [5.41, 5.74) is 3.19. The van der Waals surface area contributed by atoms with E-state index in [1.807, 2.05) is 82.3 Å². The second kappa shape index (κ2) is 11.1. The highest BCUT2D eigenvalue weighted by molar-refractivity contribution is 9.10. The van der Waals surface area contributed by atoms with E-state index in [0.717, 1.165) is 38.4 Å². The van der Waals surface area contributed by atoms with Gasteiger partial charge in [0.2, 0.25) is 0 Å². The van der Waals surface area contributed by atoms with Crippen molar-refractivity contribution < 1.29 is 14.2 Å². The van der Waals surface area contributed by atoms with E-state index in [1.165, 1.54) is 0 Å². The standard InChI is InChI=1S/C27H29BrO3/c1-19(2)30-24-13-14-25(28)23(17-24)12-10-21-11-15-26(31-20(3)4)27(16-21)29-18-22-8-6-5-7-9-22/h5-17,19-20H,18H2,1-4H3/b12-10+. The molecule has 0 spiro atoms. The Morgan fingerprint density at radius 1 is 0.774 bits per heavy atom. The molecule has 0 saturated carbocycles. The highest BCUT2D eigenvalue weighted by atomic mass is 79.9. The molecule has 4 heteroatoms. The van der Waals surface area contributed by atoms with Crippen LogP contribution in [0.2, 0.25) is 0 Å². The third-order valence-electron chi connectivity index (χ3n) is 4.36. The summed E-state index contributed by atoms with van der Waals surface area (Å²) in [6.07, 6.45) is 4.33. The largest absolute Gasteiger partial charge is 0.491 e. The van der Waals surface area contributed by atoms with E-state index in [0.29, 0.717) is 6.61 Å². The van der Waals surface area contributed by atoms with Crippen LogP contribution in [0.5, 0.6) is 17.2 Å². The van der Waals surface area contributed by atoms with Gasteiger partial charge in [-0.05, 0) is 74.7 Å². The first kappa shape index (κ1) is 23.0. The Hall–Kier alpha value is -2.72. The lowest BCUT2D eigenvalue weighted by atomic mass is 10.1. The van der Waals surface area contributed by atoms with Crippen molar-refractivity contribution in [3.63, 3.8) is 0 Å². The zero-order chi connectivity index (χ0) is 22.2. The highest BCUT2D eigenvalue weighted by Crippen LogP contribution is 2.31. The molecule has 0 N–H and O–H groups in total. The van der Waals surface area contributed by atoms with E-state index in [-0.39, 0.29) is 12.2 Å². The van der Waals surface area contributed by atoms with Crippen LogP contribution in [0.3, 0.4) is 0 Å². The Balaban J connectivity index is 1.82. The van der Waals surface area contributed by atoms with Gasteiger partial charge in [0.1, 0.15) is 12.4 Å². The van der Waals surface area contributed by atoms with Gasteiger partial charge in [-0.25, -0.2) is 0 Å². The molecule has 0 aliphatic heterocycles. The quantitative estimate of drug-likeness (QED) is 0.292. The molecular weight excluding hydrogens is 452 g/mol. The van der Waals surface area contributed by atoms with Crippen LogP contribution in [0, 0.1) is 0 Å². The second-order valence-corrected chi connectivity index (χ2v) is 8.68. The molecule has 0 aliphatic rings. The van der Waals surface area contributed by atoms with Crippen molar-refractivity contribution in [3.05, 3.63) is 87.9 Å². The highest BCUT2D eigenvalue weighted by Gasteiger charge is 2.09. The van der Waals surface area contributed by atoms with Gasteiger partial charge in [0.15, 0.2) is 11.5 Å². The lowest BCUT2D eigenvalue weighted by Gasteiger charge is -2.16. The molecule has 0 fully saturated rings. The van der Waals surface area contributed by atoms with E-state index in [2.05, 4.69) is 40.2 Å². The normalized spacial score (nSPS) is 11.3. The molecule has 0 aliphatic carbocycles. The van der Waals surface area contributed by atoms with Crippen molar-refractivity contribution >= 4 is 28.1 Å². The summed E-state index contributed by atoms with van der Waals surface area (Å²) in [5.74, 6) is 2.33. The maximum atomic E-state index is 6.12. The van der Waals surface area contributed by atoms with E-state index < -0.39 is 0 Å². The van der Waals surface area contributed by atoms with Crippen LogP contribution in [0.25, 0.3) is 12.2 Å². The van der Waals surface area contributed by atoms with Crippen LogP contribution < -0.4 is 14.2 Å². The molecule has 3 aromatic carbocycles. The average molecular weight is 481 g/mol. The zero-order valence-corrected chi connectivity index (χ0v) is 20.1. The molecule has 3 aromatic rings. The summed E-state index contributed by atoms with van der Waals surface area (Å²) >= 11 is 3.62. The first-order chi connectivity index (χ1) is 14.9. The van der Waals surface area contributed by atoms with Crippen LogP contribution in [0.4, 0.5) is 0 Å². The number of hydrogen-bond acceptors (Lipinski definition) is 3. The molecule has 0 bridgehead atoms.